The van der Waals surface area contributed by atoms with Crippen LogP contribution in [0.5, 0.6) is 11.5 Å². The largest absolute Gasteiger partial charge is 0.491 e. The number of nitrogens with zero attached hydrogens (tertiary/aromatic N) is 1. The van der Waals surface area contributed by atoms with Crippen LogP contribution in [0.1, 0.15) is 5.56 Å². The Bertz CT molecular complexity index is 835. The van der Waals surface area contributed by atoms with Crippen molar-refractivity contribution in [1.29, 1.82) is 5.26 Å². The summed E-state index contributed by atoms with van der Waals surface area (Å²) in [6.45, 7) is 0.222. The van der Waals surface area contributed by atoms with E-state index < -0.39 is 6.10 Å². The Morgan fingerprint density at radius 2 is 1.91 bits per heavy atom. The van der Waals surface area contributed by atoms with Crippen molar-refractivity contribution < 1.29 is 14.6 Å². The summed E-state index contributed by atoms with van der Waals surface area (Å²) in [6, 6.07) is 16.5. The first kappa shape index (κ1) is 14.9. The maximum Gasteiger partial charge on any atom is 0.128 e. The number of nitrogens with one attached hydrogen (secondary N) is 1. The molecule has 5 nitrogen and oxygen atoms in total. The summed E-state index contributed by atoms with van der Waals surface area (Å²) >= 11 is 0. The van der Waals surface area contributed by atoms with E-state index in [9.17, 15) is 5.11 Å². The molecule has 0 bridgehead atoms. The number of aliphatic hydroxyl groups excluding tert-OH is 1. The molecule has 1 heterocycles. The molecule has 116 valence electrons. The molecule has 0 saturated heterocycles. The van der Waals surface area contributed by atoms with Gasteiger partial charge < -0.3 is 19.6 Å². The van der Waals surface area contributed by atoms with Gasteiger partial charge in [0.15, 0.2) is 0 Å². The highest BCUT2D eigenvalue weighted by Crippen LogP contribution is 2.24. The van der Waals surface area contributed by atoms with E-state index in [-0.39, 0.29) is 13.2 Å². The normalized spacial score (nSPS) is 11.8. The number of H-pyrrole nitrogens is 1. The summed E-state index contributed by atoms with van der Waals surface area (Å²) in [7, 11) is 0. The van der Waals surface area contributed by atoms with E-state index in [0.29, 0.717) is 17.1 Å². The Kier molecular flexibility index (Phi) is 4.46. The van der Waals surface area contributed by atoms with Crippen LogP contribution in [0.25, 0.3) is 10.9 Å². The number of ether oxygens (including phenoxy) is 2. The van der Waals surface area contributed by atoms with Crippen molar-refractivity contribution >= 4 is 10.9 Å². The summed E-state index contributed by atoms with van der Waals surface area (Å²) in [5.41, 5.74) is 1.51. The molecule has 0 aliphatic carbocycles. The minimum absolute atomic E-state index is 0.0952. The van der Waals surface area contributed by atoms with Gasteiger partial charge in [-0.2, -0.15) is 5.26 Å². The first-order chi connectivity index (χ1) is 11.3. The summed E-state index contributed by atoms with van der Waals surface area (Å²) in [6.07, 6.45) is 1.08. The van der Waals surface area contributed by atoms with Gasteiger partial charge in [-0.25, -0.2) is 0 Å². The minimum atomic E-state index is -0.769. The molecule has 1 aromatic heterocycles. The van der Waals surface area contributed by atoms with Crippen LogP contribution in [0.15, 0.2) is 54.7 Å². The van der Waals surface area contributed by atoms with Crippen molar-refractivity contribution in [1.82, 2.24) is 4.98 Å². The number of aromatic nitrogens is 1. The maximum absolute atomic E-state index is 10.00. The second kappa shape index (κ2) is 6.86. The molecule has 0 radical (unpaired) electrons. The third kappa shape index (κ3) is 3.62. The zero-order valence-corrected chi connectivity index (χ0v) is 12.4. The smallest absolute Gasteiger partial charge is 0.128 e. The molecule has 3 rings (SSSR count). The van der Waals surface area contributed by atoms with E-state index in [2.05, 4.69) is 4.98 Å². The molecule has 1 atom stereocenters. The number of hydrogen-bond acceptors (Lipinski definition) is 4. The second-order valence-electron chi connectivity index (χ2n) is 5.11. The third-order valence-corrected chi connectivity index (χ3v) is 3.39. The average molecular weight is 308 g/mol. The fraction of sp³-hybridized carbons (Fsp3) is 0.167. The van der Waals surface area contributed by atoms with Crippen molar-refractivity contribution in [3.05, 3.63) is 60.3 Å². The van der Waals surface area contributed by atoms with Crippen LogP contribution < -0.4 is 9.47 Å². The number of aliphatic hydroxyl groups is 1. The van der Waals surface area contributed by atoms with Crippen molar-refractivity contribution in [2.24, 2.45) is 0 Å². The monoisotopic (exact) mass is 308 g/mol. The number of fused-ring (bicyclic) bond motifs is 1. The highest BCUT2D eigenvalue weighted by atomic mass is 16.5. The average Bonchev–Trinajstić information content (AvgIpc) is 3.07. The SMILES string of the molecule is N#Cc1cccc(OC[C@H](O)COc2cccc3[nH]ccc23)c1. The molecule has 2 N–H and O–H groups in total. The highest BCUT2D eigenvalue weighted by molar-refractivity contribution is 5.85. The van der Waals surface area contributed by atoms with Gasteiger partial charge in [-0.1, -0.05) is 12.1 Å². The number of rotatable bonds is 6. The number of nitriles is 1. The molecule has 0 unspecified atom stereocenters. The van der Waals surface area contributed by atoms with Gasteiger partial charge in [-0.3, -0.25) is 0 Å². The second-order valence-corrected chi connectivity index (χ2v) is 5.11. The summed E-state index contributed by atoms with van der Waals surface area (Å²) < 4.78 is 11.2. The van der Waals surface area contributed by atoms with Crippen LogP contribution in [0.3, 0.4) is 0 Å². The van der Waals surface area contributed by atoms with Crippen LogP contribution in [-0.2, 0) is 0 Å². The van der Waals surface area contributed by atoms with E-state index in [1.807, 2.05) is 36.5 Å². The number of benzene rings is 2. The lowest BCUT2D eigenvalue weighted by molar-refractivity contribution is 0.0632. The molecular formula is C18H16N2O3. The lowest BCUT2D eigenvalue weighted by Crippen LogP contribution is -2.25. The maximum atomic E-state index is 10.00. The van der Waals surface area contributed by atoms with E-state index in [4.69, 9.17) is 14.7 Å². The molecule has 0 aliphatic rings. The topological polar surface area (TPSA) is 78.3 Å². The highest BCUT2D eigenvalue weighted by Gasteiger charge is 2.09. The molecule has 3 aromatic rings. The fourth-order valence-electron chi connectivity index (χ4n) is 2.26. The Hall–Kier alpha value is -2.97. The van der Waals surface area contributed by atoms with Crippen molar-refractivity contribution in [2.45, 2.75) is 6.10 Å². The molecule has 23 heavy (non-hydrogen) atoms. The van der Waals surface area contributed by atoms with Crippen LogP contribution >= 0.6 is 0 Å². The number of hydrogen-bond donors (Lipinski definition) is 2. The third-order valence-electron chi connectivity index (χ3n) is 3.39. The Balaban J connectivity index is 1.54. The van der Waals surface area contributed by atoms with Crippen molar-refractivity contribution in [2.75, 3.05) is 13.2 Å². The lowest BCUT2D eigenvalue weighted by atomic mass is 10.2. The molecule has 5 heteroatoms. The Labute approximate surface area is 133 Å². The van der Waals surface area contributed by atoms with Crippen molar-refractivity contribution in [3.63, 3.8) is 0 Å². The van der Waals surface area contributed by atoms with Crippen LogP contribution in [0.2, 0.25) is 0 Å². The predicted octanol–water partition coefficient (Wildman–Crippen LogP) is 2.86. The number of aromatic amines is 1. The molecule has 0 spiro atoms. The fourth-order valence-corrected chi connectivity index (χ4v) is 2.26. The van der Waals surface area contributed by atoms with E-state index in [1.165, 1.54) is 0 Å². The van der Waals surface area contributed by atoms with Crippen molar-refractivity contribution in [3.8, 4) is 17.6 Å². The van der Waals surface area contributed by atoms with Gasteiger partial charge in [0.25, 0.3) is 0 Å². The Morgan fingerprint density at radius 3 is 2.78 bits per heavy atom. The zero-order chi connectivity index (χ0) is 16.1. The molecule has 0 amide bonds. The van der Waals surface area contributed by atoms with Crippen LogP contribution in [0.4, 0.5) is 0 Å². The van der Waals surface area contributed by atoms with E-state index in [1.54, 1.807) is 24.3 Å². The van der Waals surface area contributed by atoms with Gasteiger partial charge in [0.2, 0.25) is 0 Å². The first-order valence-corrected chi connectivity index (χ1v) is 7.26. The molecular weight excluding hydrogens is 292 g/mol. The van der Waals surface area contributed by atoms with Gasteiger partial charge in [0.05, 0.1) is 11.6 Å². The Morgan fingerprint density at radius 1 is 1.09 bits per heavy atom. The van der Waals surface area contributed by atoms with Gasteiger partial charge in [-0.15, -0.1) is 0 Å². The van der Waals surface area contributed by atoms with Gasteiger partial charge >= 0.3 is 0 Å². The summed E-state index contributed by atoms with van der Waals surface area (Å²) in [5.74, 6) is 1.27. The standard InChI is InChI=1S/C18H16N2O3/c19-10-13-3-1-4-15(9-13)22-11-14(21)12-23-18-6-2-5-17-16(18)7-8-20-17/h1-9,14,20-21H,11-12H2/t14-/m0/s1. The summed E-state index contributed by atoms with van der Waals surface area (Å²) in [4.78, 5) is 3.11. The van der Waals surface area contributed by atoms with E-state index in [0.717, 1.165) is 10.9 Å². The minimum Gasteiger partial charge on any atom is -0.491 e. The predicted molar refractivity (Wildman–Crippen MR) is 86.5 cm³/mol. The van der Waals surface area contributed by atoms with Crippen LogP contribution in [-0.4, -0.2) is 29.4 Å². The molecule has 0 saturated carbocycles. The summed E-state index contributed by atoms with van der Waals surface area (Å²) in [5, 5.41) is 19.8. The lowest BCUT2D eigenvalue weighted by Gasteiger charge is -2.14. The van der Waals surface area contributed by atoms with Gasteiger partial charge in [0, 0.05) is 17.1 Å². The molecule has 0 aliphatic heterocycles. The zero-order valence-electron chi connectivity index (χ0n) is 12.4. The quantitative estimate of drug-likeness (QED) is 0.734. The van der Waals surface area contributed by atoms with E-state index >= 15 is 0 Å². The molecule has 0 fully saturated rings. The van der Waals surface area contributed by atoms with Gasteiger partial charge in [-0.05, 0) is 36.4 Å². The van der Waals surface area contributed by atoms with Crippen LogP contribution in [0, 0.1) is 11.3 Å². The van der Waals surface area contributed by atoms with Gasteiger partial charge in [0.1, 0.15) is 30.8 Å². The molecule has 2 aromatic carbocycles. The first-order valence-electron chi connectivity index (χ1n) is 7.26.